The molecule has 0 N–H and O–H groups in total. The van der Waals surface area contributed by atoms with Gasteiger partial charge in [0.25, 0.3) is 0 Å². The first kappa shape index (κ1) is 20.0. The number of para-hydroxylation sites is 1. The Morgan fingerprint density at radius 2 is 1.66 bits per heavy atom. The maximum Gasteiger partial charge on any atom is 0.130 e. The number of rotatable bonds is 6. The van der Waals surface area contributed by atoms with Crippen molar-refractivity contribution in [2.75, 3.05) is 0 Å². The van der Waals surface area contributed by atoms with E-state index in [0.717, 1.165) is 54.2 Å². The van der Waals surface area contributed by atoms with Crippen molar-refractivity contribution in [1.82, 2.24) is 4.98 Å². The van der Waals surface area contributed by atoms with Gasteiger partial charge >= 0.3 is 0 Å². The van der Waals surface area contributed by atoms with E-state index in [9.17, 15) is 5.26 Å². The lowest BCUT2D eigenvalue weighted by atomic mass is 10.1. The van der Waals surface area contributed by atoms with Crippen LogP contribution < -0.4 is 9.47 Å². The van der Waals surface area contributed by atoms with Gasteiger partial charge in [0.2, 0.25) is 0 Å². The monoisotopic (exact) mass is 436 g/mol. The Labute approximate surface area is 190 Å². The highest BCUT2D eigenvalue weighted by molar-refractivity contribution is 7.19. The second kappa shape index (κ2) is 8.70. The Hall–Kier alpha value is -3.88. The summed E-state index contributed by atoms with van der Waals surface area (Å²) in [5.41, 5.74) is 3.94. The number of aromatic nitrogens is 1. The summed E-state index contributed by atoms with van der Waals surface area (Å²) in [6, 6.07) is 28.3. The molecule has 0 fully saturated rings. The molecule has 5 rings (SSSR count). The molecule has 0 unspecified atom stereocenters. The predicted octanol–water partition coefficient (Wildman–Crippen LogP) is 6.79. The van der Waals surface area contributed by atoms with Gasteiger partial charge in [-0.15, -0.1) is 11.3 Å². The molecule has 2 aromatic heterocycles. The molecule has 0 spiro atoms. The molecule has 0 saturated heterocycles. The van der Waals surface area contributed by atoms with Gasteiger partial charge in [-0.2, -0.15) is 5.26 Å². The lowest BCUT2D eigenvalue weighted by Gasteiger charge is -2.09. The highest BCUT2D eigenvalue weighted by Crippen LogP contribution is 2.33. The van der Waals surface area contributed by atoms with Gasteiger partial charge in [-0.3, -0.25) is 0 Å². The molecular formula is C27H20N2O2S. The van der Waals surface area contributed by atoms with E-state index in [0.29, 0.717) is 13.2 Å². The zero-order chi connectivity index (χ0) is 21.9. The third-order valence-electron chi connectivity index (χ3n) is 5.38. The summed E-state index contributed by atoms with van der Waals surface area (Å²) in [7, 11) is 0. The van der Waals surface area contributed by atoms with E-state index >= 15 is 0 Å². The molecular weight excluding hydrogens is 416 g/mol. The minimum Gasteiger partial charge on any atom is -0.489 e. The summed E-state index contributed by atoms with van der Waals surface area (Å²) < 4.78 is 13.0. The Bertz CT molecular complexity index is 1450. The quantitative estimate of drug-likeness (QED) is 0.294. The average molecular weight is 437 g/mol. The molecule has 0 amide bonds. The number of hydrogen-bond acceptors (Lipinski definition) is 5. The van der Waals surface area contributed by atoms with Gasteiger partial charge in [0, 0.05) is 15.5 Å². The molecule has 2 heterocycles. The first-order valence-corrected chi connectivity index (χ1v) is 11.1. The largest absolute Gasteiger partial charge is 0.489 e. The van der Waals surface area contributed by atoms with Crippen LogP contribution in [0, 0.1) is 18.3 Å². The topological polar surface area (TPSA) is 55.1 Å². The SMILES string of the molecule is Cc1c(C#N)sc2ccc(OCc3ccc(OCc4ccc5ccccc5n4)cc3)cc12. The zero-order valence-corrected chi connectivity index (χ0v) is 18.4. The summed E-state index contributed by atoms with van der Waals surface area (Å²) in [6.07, 6.45) is 0. The number of thiophene rings is 1. The number of aryl methyl sites for hydroxylation is 1. The van der Waals surface area contributed by atoms with Crippen LogP contribution in [0.25, 0.3) is 21.0 Å². The number of nitriles is 1. The third kappa shape index (κ3) is 4.14. The number of ether oxygens (including phenoxy) is 2. The van der Waals surface area contributed by atoms with Crippen LogP contribution in [0.3, 0.4) is 0 Å². The number of pyridine rings is 1. The van der Waals surface area contributed by atoms with Gasteiger partial charge in [-0.25, -0.2) is 4.98 Å². The van der Waals surface area contributed by atoms with Gasteiger partial charge in [-0.1, -0.05) is 36.4 Å². The van der Waals surface area contributed by atoms with Crippen molar-refractivity contribution >= 4 is 32.3 Å². The van der Waals surface area contributed by atoms with Crippen molar-refractivity contribution in [3.05, 3.63) is 101 Å². The number of benzene rings is 3. The van der Waals surface area contributed by atoms with E-state index in [2.05, 4.69) is 23.2 Å². The molecule has 0 aliphatic carbocycles. The van der Waals surface area contributed by atoms with E-state index in [4.69, 9.17) is 9.47 Å². The van der Waals surface area contributed by atoms with Gasteiger partial charge in [0.05, 0.1) is 11.2 Å². The van der Waals surface area contributed by atoms with Crippen LogP contribution >= 0.6 is 11.3 Å². The van der Waals surface area contributed by atoms with Crippen molar-refractivity contribution in [2.24, 2.45) is 0 Å². The highest BCUT2D eigenvalue weighted by Gasteiger charge is 2.09. The number of nitrogens with zero attached hydrogens (tertiary/aromatic N) is 2. The van der Waals surface area contributed by atoms with Crippen LogP contribution in [-0.4, -0.2) is 4.98 Å². The van der Waals surface area contributed by atoms with E-state index < -0.39 is 0 Å². The van der Waals surface area contributed by atoms with Crippen molar-refractivity contribution < 1.29 is 9.47 Å². The van der Waals surface area contributed by atoms with E-state index in [1.54, 1.807) is 0 Å². The van der Waals surface area contributed by atoms with Crippen molar-refractivity contribution in [2.45, 2.75) is 20.1 Å². The lowest BCUT2D eigenvalue weighted by molar-refractivity contribution is 0.298. The van der Waals surface area contributed by atoms with Gasteiger partial charge < -0.3 is 9.47 Å². The Morgan fingerprint density at radius 1 is 0.875 bits per heavy atom. The smallest absolute Gasteiger partial charge is 0.130 e. The van der Waals surface area contributed by atoms with Crippen LogP contribution in [0.2, 0.25) is 0 Å². The Kier molecular flexibility index (Phi) is 5.45. The highest BCUT2D eigenvalue weighted by atomic mass is 32.1. The van der Waals surface area contributed by atoms with Crippen LogP contribution in [-0.2, 0) is 13.2 Å². The summed E-state index contributed by atoms with van der Waals surface area (Å²) in [6.45, 7) is 2.87. The van der Waals surface area contributed by atoms with Crippen LogP contribution in [0.1, 0.15) is 21.7 Å². The second-order valence-electron chi connectivity index (χ2n) is 7.54. The normalized spacial score (nSPS) is 10.9. The van der Waals surface area contributed by atoms with Gasteiger partial charge in [0.15, 0.2) is 0 Å². The maximum atomic E-state index is 9.22. The summed E-state index contributed by atoms with van der Waals surface area (Å²) in [5.74, 6) is 1.59. The average Bonchev–Trinajstić information content (AvgIpc) is 3.17. The van der Waals surface area contributed by atoms with Crippen molar-refractivity contribution in [3.63, 3.8) is 0 Å². The fourth-order valence-corrected chi connectivity index (χ4v) is 4.58. The predicted molar refractivity (Wildman–Crippen MR) is 128 cm³/mol. The Morgan fingerprint density at radius 3 is 2.50 bits per heavy atom. The van der Waals surface area contributed by atoms with Crippen LogP contribution in [0.15, 0.2) is 78.9 Å². The first-order chi connectivity index (χ1) is 15.7. The molecule has 0 aliphatic heterocycles. The molecule has 0 saturated carbocycles. The van der Waals surface area contributed by atoms with E-state index in [-0.39, 0.29) is 0 Å². The lowest BCUT2D eigenvalue weighted by Crippen LogP contribution is -1.99. The van der Waals surface area contributed by atoms with Crippen molar-refractivity contribution in [1.29, 1.82) is 5.26 Å². The zero-order valence-electron chi connectivity index (χ0n) is 17.5. The first-order valence-electron chi connectivity index (χ1n) is 10.3. The van der Waals surface area contributed by atoms with Gasteiger partial charge in [0.1, 0.15) is 35.7 Å². The standard InChI is InChI=1S/C27H20N2O2S/c1-18-24-14-23(12-13-26(24)32-27(18)15-28)30-16-19-6-10-22(11-7-19)31-17-21-9-8-20-4-2-3-5-25(20)29-21/h2-14H,16-17H2,1H3. The van der Waals surface area contributed by atoms with Crippen LogP contribution in [0.5, 0.6) is 11.5 Å². The summed E-state index contributed by atoms with van der Waals surface area (Å²) in [4.78, 5) is 5.40. The van der Waals surface area contributed by atoms with E-state index in [1.165, 1.54) is 11.3 Å². The molecule has 5 aromatic rings. The molecule has 5 heteroatoms. The fourth-order valence-electron chi connectivity index (χ4n) is 3.59. The molecule has 3 aromatic carbocycles. The Balaban J connectivity index is 1.20. The number of hydrogen-bond donors (Lipinski definition) is 0. The number of fused-ring (bicyclic) bond motifs is 2. The molecule has 32 heavy (non-hydrogen) atoms. The minimum absolute atomic E-state index is 0.422. The molecule has 4 nitrogen and oxygen atoms in total. The minimum atomic E-state index is 0.422. The molecule has 0 aliphatic rings. The maximum absolute atomic E-state index is 9.22. The molecule has 0 bridgehead atoms. The second-order valence-corrected chi connectivity index (χ2v) is 8.59. The molecule has 0 atom stereocenters. The van der Waals surface area contributed by atoms with Crippen LogP contribution in [0.4, 0.5) is 0 Å². The molecule has 0 radical (unpaired) electrons. The summed E-state index contributed by atoms with van der Waals surface area (Å²) >= 11 is 1.52. The van der Waals surface area contributed by atoms with Crippen molar-refractivity contribution in [3.8, 4) is 17.6 Å². The fraction of sp³-hybridized carbons (Fsp3) is 0.111. The molecule has 156 valence electrons. The van der Waals surface area contributed by atoms with Gasteiger partial charge in [-0.05, 0) is 60.5 Å². The summed E-state index contributed by atoms with van der Waals surface area (Å²) in [5, 5.41) is 11.4. The third-order valence-corrected chi connectivity index (χ3v) is 6.56. The van der Waals surface area contributed by atoms with E-state index in [1.807, 2.05) is 73.7 Å².